The fourth-order valence-electron chi connectivity index (χ4n) is 1.64. The quantitative estimate of drug-likeness (QED) is 0.453. The van der Waals surface area contributed by atoms with Crippen LogP contribution < -0.4 is 10.6 Å². The summed E-state index contributed by atoms with van der Waals surface area (Å²) in [5.74, 6) is -0.708. The maximum absolute atomic E-state index is 13.5. The maximum atomic E-state index is 13.5. The van der Waals surface area contributed by atoms with E-state index in [9.17, 15) is 22.4 Å². The number of rotatable bonds is 6. The number of alkyl halides is 3. The van der Waals surface area contributed by atoms with Gasteiger partial charge >= 0.3 is 12.2 Å². The predicted octanol–water partition coefficient (Wildman–Crippen LogP) is 4.50. The van der Waals surface area contributed by atoms with E-state index in [1.165, 1.54) is 37.5 Å². The molecule has 2 N–H and O–H groups in total. The van der Waals surface area contributed by atoms with Crippen LogP contribution in [0.1, 0.15) is 6.42 Å². The van der Waals surface area contributed by atoms with E-state index in [1.54, 1.807) is 0 Å². The Morgan fingerprint density at radius 3 is 2.54 bits per heavy atom. The van der Waals surface area contributed by atoms with E-state index >= 15 is 0 Å². The Balaban J connectivity index is 2.95. The second-order valence-electron chi connectivity index (χ2n) is 4.47. The first-order valence-electron chi connectivity index (χ1n) is 6.73. The van der Waals surface area contributed by atoms with E-state index in [1.807, 2.05) is 0 Å². The van der Waals surface area contributed by atoms with Gasteiger partial charge in [-0.2, -0.15) is 13.2 Å². The average Bonchev–Trinajstić information content (AvgIpc) is 2.50. The molecule has 2 amide bonds. The van der Waals surface area contributed by atoms with Gasteiger partial charge in [0.1, 0.15) is 11.6 Å². The number of benzene rings is 1. The van der Waals surface area contributed by atoms with Crippen LogP contribution in [0.2, 0.25) is 0 Å². The van der Waals surface area contributed by atoms with Crippen LogP contribution in [0.25, 0.3) is 0 Å². The molecule has 130 valence electrons. The third-order valence-corrected chi connectivity index (χ3v) is 2.66. The number of urea groups is 1. The molecule has 0 aliphatic carbocycles. The molecule has 1 aromatic carbocycles. The molecular formula is C16H16F4N2O2. The lowest BCUT2D eigenvalue weighted by molar-refractivity contribution is -0.125. The first-order chi connectivity index (χ1) is 11.3. The van der Waals surface area contributed by atoms with Gasteiger partial charge in [-0.3, -0.25) is 0 Å². The highest BCUT2D eigenvalue weighted by molar-refractivity contribution is 5.90. The van der Waals surface area contributed by atoms with Crippen molar-refractivity contribution in [1.29, 1.82) is 0 Å². The van der Waals surface area contributed by atoms with Crippen LogP contribution in [0, 0.1) is 5.82 Å². The van der Waals surface area contributed by atoms with E-state index in [4.69, 9.17) is 4.74 Å². The summed E-state index contributed by atoms with van der Waals surface area (Å²) < 4.78 is 55.6. The number of para-hydroxylation sites is 1. The second kappa shape index (κ2) is 8.76. The number of hydrogen-bond acceptors (Lipinski definition) is 2. The van der Waals surface area contributed by atoms with Crippen LogP contribution in [0.4, 0.5) is 28.0 Å². The van der Waals surface area contributed by atoms with Crippen LogP contribution in [0.3, 0.4) is 0 Å². The Labute approximate surface area is 136 Å². The average molecular weight is 344 g/mol. The summed E-state index contributed by atoms with van der Waals surface area (Å²) in [5.41, 5.74) is -0.333. The van der Waals surface area contributed by atoms with Gasteiger partial charge in [-0.25, -0.2) is 9.18 Å². The highest BCUT2D eigenvalue weighted by atomic mass is 19.4. The van der Waals surface area contributed by atoms with E-state index in [0.29, 0.717) is 0 Å². The van der Waals surface area contributed by atoms with E-state index in [0.717, 1.165) is 12.1 Å². The molecule has 24 heavy (non-hydrogen) atoms. The SMILES string of the molecule is C=C/C=C(OC)\C(=C/CC(F)(F)F)NC(=O)Nc1ccccc1F. The number of carbonyl (C=O) groups is 1. The lowest BCUT2D eigenvalue weighted by Gasteiger charge is -2.14. The van der Waals surface area contributed by atoms with E-state index in [2.05, 4.69) is 17.2 Å². The van der Waals surface area contributed by atoms with Gasteiger partial charge in [-0.05, 0) is 24.3 Å². The van der Waals surface area contributed by atoms with Gasteiger partial charge in [-0.1, -0.05) is 24.8 Å². The fourth-order valence-corrected chi connectivity index (χ4v) is 1.64. The standard InChI is InChI=1S/C16H16F4N2O2/c1-3-6-14(24-2)13(9-10-16(18,19)20)22-15(23)21-12-8-5-4-7-11(12)17/h3-9H,1,10H2,2H3,(H2,21,22,23)/b13-9+,14-6+. The molecule has 0 spiro atoms. The lowest BCUT2D eigenvalue weighted by atomic mass is 10.2. The number of ether oxygens (including phenoxy) is 1. The molecule has 0 fully saturated rings. The molecule has 0 saturated heterocycles. The molecule has 0 heterocycles. The van der Waals surface area contributed by atoms with Crippen molar-refractivity contribution in [3.63, 3.8) is 0 Å². The number of amides is 2. The Bertz CT molecular complexity index is 652. The molecule has 1 aromatic rings. The van der Waals surface area contributed by atoms with Gasteiger partial charge < -0.3 is 15.4 Å². The monoisotopic (exact) mass is 344 g/mol. The zero-order valence-electron chi connectivity index (χ0n) is 12.8. The highest BCUT2D eigenvalue weighted by Gasteiger charge is 2.26. The largest absolute Gasteiger partial charge is 0.495 e. The first kappa shape index (κ1) is 19.3. The predicted molar refractivity (Wildman–Crippen MR) is 82.6 cm³/mol. The molecule has 0 bridgehead atoms. The van der Waals surface area contributed by atoms with Crippen molar-refractivity contribution in [3.05, 3.63) is 66.3 Å². The summed E-state index contributed by atoms with van der Waals surface area (Å²) in [5, 5.41) is 4.41. The Kier molecular flexibility index (Phi) is 7.03. The molecule has 0 aromatic heterocycles. The number of allylic oxidation sites excluding steroid dienone is 3. The smallest absolute Gasteiger partial charge is 0.392 e. The number of carbonyl (C=O) groups excluding carboxylic acids is 1. The molecule has 4 nitrogen and oxygen atoms in total. The number of anilines is 1. The Morgan fingerprint density at radius 2 is 2.00 bits per heavy atom. The molecule has 0 atom stereocenters. The van der Waals surface area contributed by atoms with Gasteiger partial charge in [0, 0.05) is 0 Å². The summed E-state index contributed by atoms with van der Waals surface area (Å²) >= 11 is 0. The van der Waals surface area contributed by atoms with Crippen LogP contribution in [-0.4, -0.2) is 19.3 Å². The molecular weight excluding hydrogens is 328 g/mol. The second-order valence-corrected chi connectivity index (χ2v) is 4.47. The van der Waals surface area contributed by atoms with Crippen molar-refractivity contribution in [3.8, 4) is 0 Å². The highest BCUT2D eigenvalue weighted by Crippen LogP contribution is 2.22. The van der Waals surface area contributed by atoms with Crippen molar-refractivity contribution >= 4 is 11.7 Å². The summed E-state index contributed by atoms with van der Waals surface area (Å²) in [6.07, 6.45) is -2.41. The van der Waals surface area contributed by atoms with Gasteiger partial charge in [0.25, 0.3) is 0 Å². The number of methoxy groups -OCH3 is 1. The van der Waals surface area contributed by atoms with Crippen LogP contribution in [0.15, 0.2) is 60.5 Å². The minimum absolute atomic E-state index is 0.0297. The van der Waals surface area contributed by atoms with Crippen molar-refractivity contribution < 1.29 is 27.1 Å². The number of halogens is 4. The molecule has 0 unspecified atom stereocenters. The van der Waals surface area contributed by atoms with Gasteiger partial charge in [0.05, 0.1) is 24.9 Å². The molecule has 0 saturated carbocycles. The van der Waals surface area contributed by atoms with Crippen LogP contribution in [-0.2, 0) is 4.74 Å². The van der Waals surface area contributed by atoms with Crippen LogP contribution in [0.5, 0.6) is 0 Å². The summed E-state index contributed by atoms with van der Waals surface area (Å²) in [4.78, 5) is 11.9. The van der Waals surface area contributed by atoms with Crippen molar-refractivity contribution in [1.82, 2.24) is 5.32 Å². The number of hydrogen-bond donors (Lipinski definition) is 2. The fraction of sp³-hybridized carbons (Fsp3) is 0.188. The topological polar surface area (TPSA) is 50.4 Å². The normalized spacial score (nSPS) is 12.5. The first-order valence-corrected chi connectivity index (χ1v) is 6.73. The minimum atomic E-state index is -4.46. The number of nitrogens with one attached hydrogen (secondary N) is 2. The minimum Gasteiger partial charge on any atom is -0.495 e. The molecule has 0 aliphatic rings. The summed E-state index contributed by atoms with van der Waals surface area (Å²) in [6.45, 7) is 3.41. The third-order valence-electron chi connectivity index (χ3n) is 2.66. The molecule has 0 radical (unpaired) electrons. The van der Waals surface area contributed by atoms with Gasteiger partial charge in [0.15, 0.2) is 0 Å². The summed E-state index contributed by atoms with van der Waals surface area (Å²) in [7, 11) is 1.23. The zero-order chi connectivity index (χ0) is 18.2. The van der Waals surface area contributed by atoms with Crippen LogP contribution >= 0.6 is 0 Å². The molecule has 1 rings (SSSR count). The Hall–Kier alpha value is -2.77. The van der Waals surface area contributed by atoms with Crippen molar-refractivity contribution in [2.75, 3.05) is 12.4 Å². The Morgan fingerprint density at radius 1 is 1.33 bits per heavy atom. The molecule has 0 aliphatic heterocycles. The maximum Gasteiger partial charge on any atom is 0.392 e. The van der Waals surface area contributed by atoms with Crippen molar-refractivity contribution in [2.45, 2.75) is 12.6 Å². The summed E-state index contributed by atoms with van der Waals surface area (Å²) in [6, 6.07) is 4.46. The van der Waals surface area contributed by atoms with Gasteiger partial charge in [-0.15, -0.1) is 0 Å². The third kappa shape index (κ3) is 6.55. The van der Waals surface area contributed by atoms with Crippen molar-refractivity contribution in [2.24, 2.45) is 0 Å². The lowest BCUT2D eigenvalue weighted by Crippen LogP contribution is -2.30. The zero-order valence-corrected chi connectivity index (χ0v) is 12.8. The van der Waals surface area contributed by atoms with E-state index < -0.39 is 24.4 Å². The molecule has 8 heteroatoms. The van der Waals surface area contributed by atoms with Gasteiger partial charge in [0.2, 0.25) is 0 Å². The van der Waals surface area contributed by atoms with E-state index in [-0.39, 0.29) is 17.1 Å².